The van der Waals surface area contributed by atoms with Crippen LogP contribution in [-0.2, 0) is 6.42 Å². The highest BCUT2D eigenvalue weighted by Gasteiger charge is 2.13. The van der Waals surface area contributed by atoms with Gasteiger partial charge in [0.15, 0.2) is 5.78 Å². The maximum Gasteiger partial charge on any atom is 0.171 e. The van der Waals surface area contributed by atoms with Gasteiger partial charge >= 0.3 is 0 Å². The molecule has 5 heteroatoms. The van der Waals surface area contributed by atoms with E-state index in [0.717, 1.165) is 10.7 Å². The Morgan fingerprint density at radius 3 is 2.87 bits per heavy atom. The maximum atomic E-state index is 11.8. The van der Waals surface area contributed by atoms with Crippen molar-refractivity contribution in [1.82, 2.24) is 4.98 Å². The van der Waals surface area contributed by atoms with Crippen LogP contribution in [0, 0.1) is 6.92 Å². The average Bonchev–Trinajstić information content (AvgIpc) is 2.75. The minimum Gasteiger partial charge on any atom is -0.294 e. The monoisotopic (exact) mass is 257 g/mol. The Hall–Kier alpha value is -0.710. The second-order valence-corrected chi connectivity index (χ2v) is 5.65. The van der Waals surface area contributed by atoms with Crippen LogP contribution in [-0.4, -0.2) is 10.8 Å². The largest absolute Gasteiger partial charge is 0.294 e. The first-order chi connectivity index (χ1) is 7.16. The predicted molar refractivity (Wildman–Crippen MR) is 64.2 cm³/mol. The Morgan fingerprint density at radius 2 is 2.33 bits per heavy atom. The molecule has 0 spiro atoms. The molecule has 0 atom stereocenters. The molecule has 0 amide bonds. The molecular formula is C10H8ClNOS2. The molecule has 0 aliphatic heterocycles. The molecule has 78 valence electrons. The average molecular weight is 258 g/mol. The van der Waals surface area contributed by atoms with E-state index in [1.54, 1.807) is 17.4 Å². The third-order valence-corrected chi connectivity index (χ3v) is 3.92. The molecule has 15 heavy (non-hydrogen) atoms. The summed E-state index contributed by atoms with van der Waals surface area (Å²) < 4.78 is 0.562. The number of nitrogens with zero attached hydrogens (tertiary/aromatic N) is 1. The van der Waals surface area contributed by atoms with Gasteiger partial charge in [0.05, 0.1) is 17.1 Å². The number of thiazole rings is 1. The van der Waals surface area contributed by atoms with Gasteiger partial charge in [0, 0.05) is 10.9 Å². The molecular weight excluding hydrogens is 250 g/mol. The SMILES string of the molecule is Cc1nc(CC(=O)c2ccsc2Cl)cs1. The lowest BCUT2D eigenvalue weighted by Gasteiger charge is -1.95. The van der Waals surface area contributed by atoms with Gasteiger partial charge in [-0.2, -0.15) is 0 Å². The maximum absolute atomic E-state index is 11.8. The number of hydrogen-bond donors (Lipinski definition) is 0. The van der Waals surface area contributed by atoms with Crippen molar-refractivity contribution in [1.29, 1.82) is 0 Å². The van der Waals surface area contributed by atoms with Gasteiger partial charge in [0.25, 0.3) is 0 Å². The van der Waals surface area contributed by atoms with Gasteiger partial charge in [-0.25, -0.2) is 4.98 Å². The number of thiophene rings is 1. The van der Waals surface area contributed by atoms with Crippen LogP contribution in [0.4, 0.5) is 0 Å². The molecule has 0 unspecified atom stereocenters. The highest BCUT2D eigenvalue weighted by Crippen LogP contribution is 2.24. The molecule has 0 aliphatic rings. The molecule has 0 aliphatic carbocycles. The Bertz CT molecular complexity index is 489. The number of aromatic nitrogens is 1. The highest BCUT2D eigenvalue weighted by molar-refractivity contribution is 7.14. The van der Waals surface area contributed by atoms with Crippen molar-refractivity contribution in [2.75, 3.05) is 0 Å². The van der Waals surface area contributed by atoms with Crippen molar-refractivity contribution in [3.05, 3.63) is 37.4 Å². The molecule has 2 rings (SSSR count). The Morgan fingerprint density at radius 1 is 1.53 bits per heavy atom. The van der Waals surface area contributed by atoms with Gasteiger partial charge in [-0.05, 0) is 18.4 Å². The zero-order valence-electron chi connectivity index (χ0n) is 7.99. The number of hydrogen-bond acceptors (Lipinski definition) is 4. The molecule has 0 aromatic carbocycles. The van der Waals surface area contributed by atoms with E-state index in [0.29, 0.717) is 16.3 Å². The lowest BCUT2D eigenvalue weighted by atomic mass is 10.1. The highest BCUT2D eigenvalue weighted by atomic mass is 35.5. The Kier molecular flexibility index (Phi) is 3.19. The van der Waals surface area contributed by atoms with Gasteiger partial charge in [0.1, 0.15) is 4.34 Å². The summed E-state index contributed by atoms with van der Waals surface area (Å²) in [5, 5.41) is 4.71. The number of ketones is 1. The first kappa shape index (κ1) is 10.8. The Labute approximate surface area is 101 Å². The number of halogens is 1. The lowest BCUT2D eigenvalue weighted by molar-refractivity contribution is 0.0992. The number of Topliss-reactive ketones (excluding diaryl/α,β-unsaturated/α-hetero) is 1. The molecule has 2 aromatic rings. The van der Waals surface area contributed by atoms with E-state index >= 15 is 0 Å². The summed E-state index contributed by atoms with van der Waals surface area (Å²) in [4.78, 5) is 16.0. The van der Waals surface area contributed by atoms with E-state index in [1.165, 1.54) is 11.3 Å². The topological polar surface area (TPSA) is 30.0 Å². The molecule has 2 aromatic heterocycles. The first-order valence-corrected chi connectivity index (χ1v) is 6.48. The van der Waals surface area contributed by atoms with Crippen LogP contribution in [0.3, 0.4) is 0 Å². The number of rotatable bonds is 3. The van der Waals surface area contributed by atoms with Crippen LogP contribution < -0.4 is 0 Å². The summed E-state index contributed by atoms with van der Waals surface area (Å²) in [7, 11) is 0. The van der Waals surface area contributed by atoms with Crippen LogP contribution in [0.1, 0.15) is 21.1 Å². The quantitative estimate of drug-likeness (QED) is 0.787. The summed E-state index contributed by atoms with van der Waals surface area (Å²) in [6.07, 6.45) is 0.334. The number of carbonyl (C=O) groups is 1. The summed E-state index contributed by atoms with van der Waals surface area (Å²) in [6, 6.07) is 1.76. The van der Waals surface area contributed by atoms with E-state index in [-0.39, 0.29) is 5.78 Å². The molecule has 2 nitrogen and oxygen atoms in total. The van der Waals surface area contributed by atoms with Crippen molar-refractivity contribution >= 4 is 40.1 Å². The van der Waals surface area contributed by atoms with Crippen molar-refractivity contribution in [2.45, 2.75) is 13.3 Å². The normalized spacial score (nSPS) is 10.5. The van der Waals surface area contributed by atoms with Crippen molar-refractivity contribution in [3.63, 3.8) is 0 Å². The third-order valence-electron chi connectivity index (χ3n) is 1.93. The van der Waals surface area contributed by atoms with E-state index in [4.69, 9.17) is 11.6 Å². The standard InChI is InChI=1S/C10H8ClNOS2/c1-6-12-7(5-15-6)4-9(13)8-2-3-14-10(8)11/h2-3,5H,4H2,1H3. The zero-order valence-corrected chi connectivity index (χ0v) is 10.4. The predicted octanol–water partition coefficient (Wildman–Crippen LogP) is 3.59. The van der Waals surface area contributed by atoms with Gasteiger partial charge in [-0.15, -0.1) is 22.7 Å². The second-order valence-electron chi connectivity index (χ2n) is 3.07. The van der Waals surface area contributed by atoms with Gasteiger partial charge in [0.2, 0.25) is 0 Å². The number of carbonyl (C=O) groups excluding carboxylic acids is 1. The molecule has 0 radical (unpaired) electrons. The van der Waals surface area contributed by atoms with Gasteiger partial charge in [-0.1, -0.05) is 11.6 Å². The molecule has 0 bridgehead atoms. The summed E-state index contributed by atoms with van der Waals surface area (Å²) in [6.45, 7) is 1.93. The first-order valence-electron chi connectivity index (χ1n) is 4.34. The summed E-state index contributed by atoms with van der Waals surface area (Å²) in [5.41, 5.74) is 1.43. The second kappa shape index (κ2) is 4.43. The zero-order chi connectivity index (χ0) is 10.8. The van der Waals surface area contributed by atoms with Gasteiger partial charge in [-0.3, -0.25) is 4.79 Å². The molecule has 0 saturated heterocycles. The lowest BCUT2D eigenvalue weighted by Crippen LogP contribution is -2.02. The molecule has 0 saturated carbocycles. The minimum atomic E-state index is 0.0338. The van der Waals surface area contributed by atoms with Crippen molar-refractivity contribution in [3.8, 4) is 0 Å². The van der Waals surface area contributed by atoms with Crippen LogP contribution in [0.15, 0.2) is 16.8 Å². The van der Waals surface area contributed by atoms with E-state index < -0.39 is 0 Å². The third kappa shape index (κ3) is 2.45. The fourth-order valence-corrected chi connectivity index (χ4v) is 2.81. The molecule has 0 N–H and O–H groups in total. The van der Waals surface area contributed by atoms with Crippen LogP contribution >= 0.6 is 34.3 Å². The van der Waals surface area contributed by atoms with Crippen LogP contribution in [0.2, 0.25) is 4.34 Å². The van der Waals surface area contributed by atoms with Crippen molar-refractivity contribution < 1.29 is 4.79 Å². The van der Waals surface area contributed by atoms with Crippen LogP contribution in [0.25, 0.3) is 0 Å². The molecule has 0 fully saturated rings. The number of aryl methyl sites for hydroxylation is 1. The molecule has 2 heterocycles. The smallest absolute Gasteiger partial charge is 0.171 e. The minimum absolute atomic E-state index is 0.0338. The van der Waals surface area contributed by atoms with E-state index in [9.17, 15) is 4.79 Å². The fourth-order valence-electron chi connectivity index (χ4n) is 1.24. The fraction of sp³-hybridized carbons (Fsp3) is 0.200. The van der Waals surface area contributed by atoms with Gasteiger partial charge < -0.3 is 0 Å². The van der Waals surface area contributed by atoms with E-state index in [1.807, 2.05) is 17.7 Å². The summed E-state index contributed by atoms with van der Waals surface area (Å²) >= 11 is 8.82. The summed E-state index contributed by atoms with van der Waals surface area (Å²) in [5.74, 6) is 0.0338. The Balaban J connectivity index is 2.14. The van der Waals surface area contributed by atoms with Crippen LogP contribution in [0.5, 0.6) is 0 Å². The van der Waals surface area contributed by atoms with Crippen molar-refractivity contribution in [2.24, 2.45) is 0 Å². The van der Waals surface area contributed by atoms with E-state index in [2.05, 4.69) is 4.98 Å².